The second kappa shape index (κ2) is 5.06. The molecular weight excluding hydrogens is 215 g/mol. The summed E-state index contributed by atoms with van der Waals surface area (Å²) in [6.45, 7) is 0. The van der Waals surface area contributed by atoms with Gasteiger partial charge >= 0.3 is 5.97 Å². The van der Waals surface area contributed by atoms with Crippen LogP contribution in [0.3, 0.4) is 0 Å². The number of rotatable bonds is 4. The Morgan fingerprint density at radius 1 is 1.38 bits per heavy atom. The van der Waals surface area contributed by atoms with E-state index >= 15 is 0 Å². The van der Waals surface area contributed by atoms with E-state index in [9.17, 15) is 14.0 Å². The second-order valence-electron chi connectivity index (χ2n) is 2.89. The van der Waals surface area contributed by atoms with Gasteiger partial charge in [-0.2, -0.15) is 0 Å². The number of hydrogen-bond donors (Lipinski definition) is 1. The minimum atomic E-state index is -1.23. The number of carbonyl (C=O) groups excluding carboxylic acids is 1. The number of methoxy groups -OCH3 is 1. The fourth-order valence-electron chi connectivity index (χ4n) is 1.06. The lowest BCUT2D eigenvalue weighted by molar-refractivity contribution is -0.131. The van der Waals surface area contributed by atoms with Gasteiger partial charge in [-0.3, -0.25) is 4.79 Å². The van der Waals surface area contributed by atoms with Crippen molar-refractivity contribution in [2.75, 3.05) is 7.11 Å². The highest BCUT2D eigenvalue weighted by Gasteiger charge is 2.07. The largest absolute Gasteiger partial charge is 0.494 e. The summed E-state index contributed by atoms with van der Waals surface area (Å²) in [6.07, 6.45) is 1.56. The zero-order chi connectivity index (χ0) is 12.1. The Labute approximate surface area is 91.0 Å². The van der Waals surface area contributed by atoms with Gasteiger partial charge in [0.25, 0.3) is 0 Å². The van der Waals surface area contributed by atoms with Gasteiger partial charge in [0.05, 0.1) is 7.11 Å². The van der Waals surface area contributed by atoms with E-state index in [0.717, 1.165) is 12.1 Å². The highest BCUT2D eigenvalue weighted by atomic mass is 19.1. The van der Waals surface area contributed by atoms with Crippen LogP contribution in [0, 0.1) is 5.82 Å². The normalized spacial score (nSPS) is 10.4. The molecule has 16 heavy (non-hydrogen) atoms. The number of carboxylic acid groups (broad SMARTS) is 1. The lowest BCUT2D eigenvalue weighted by Crippen LogP contribution is -1.98. The van der Waals surface area contributed by atoms with Gasteiger partial charge in [0.15, 0.2) is 17.3 Å². The molecule has 0 aromatic heterocycles. The van der Waals surface area contributed by atoms with Crippen LogP contribution in [0.2, 0.25) is 0 Å². The Balaban J connectivity index is 2.93. The van der Waals surface area contributed by atoms with Gasteiger partial charge in [-0.1, -0.05) is 0 Å². The molecule has 1 rings (SSSR count). The third-order valence-corrected chi connectivity index (χ3v) is 1.81. The molecule has 0 unspecified atom stereocenters. The van der Waals surface area contributed by atoms with E-state index in [-0.39, 0.29) is 11.3 Å². The van der Waals surface area contributed by atoms with Crippen LogP contribution in [0.15, 0.2) is 30.4 Å². The Kier molecular flexibility index (Phi) is 3.77. The number of benzene rings is 1. The van der Waals surface area contributed by atoms with Crippen molar-refractivity contribution >= 4 is 11.8 Å². The van der Waals surface area contributed by atoms with Crippen LogP contribution >= 0.6 is 0 Å². The number of ketones is 1. The van der Waals surface area contributed by atoms with Crippen LogP contribution in [0.5, 0.6) is 5.75 Å². The Morgan fingerprint density at radius 3 is 2.56 bits per heavy atom. The first-order chi connectivity index (χ1) is 7.54. The molecule has 1 N–H and O–H groups in total. The van der Waals surface area contributed by atoms with Crippen molar-refractivity contribution in [2.24, 2.45) is 0 Å². The third kappa shape index (κ3) is 2.91. The number of allylic oxidation sites excluding steroid dienone is 1. The Bertz CT molecular complexity index is 451. The van der Waals surface area contributed by atoms with E-state index in [4.69, 9.17) is 5.11 Å². The van der Waals surface area contributed by atoms with Gasteiger partial charge in [0, 0.05) is 11.6 Å². The standard InChI is InChI=1S/C11H9FO4/c1-16-10-4-2-7(6-8(10)12)9(13)3-5-11(14)15/h2-6H,1H3,(H,14,15). The smallest absolute Gasteiger partial charge is 0.328 e. The molecule has 1 aromatic carbocycles. The third-order valence-electron chi connectivity index (χ3n) is 1.81. The van der Waals surface area contributed by atoms with Gasteiger partial charge in [-0.05, 0) is 24.3 Å². The number of halogens is 1. The molecule has 84 valence electrons. The summed E-state index contributed by atoms with van der Waals surface area (Å²) >= 11 is 0. The summed E-state index contributed by atoms with van der Waals surface area (Å²) < 4.78 is 17.9. The van der Waals surface area contributed by atoms with Gasteiger partial charge in [-0.15, -0.1) is 0 Å². The molecule has 0 fully saturated rings. The lowest BCUT2D eigenvalue weighted by atomic mass is 10.1. The summed E-state index contributed by atoms with van der Waals surface area (Å²) in [4.78, 5) is 21.5. The topological polar surface area (TPSA) is 63.6 Å². The first-order valence-electron chi connectivity index (χ1n) is 4.33. The van der Waals surface area contributed by atoms with E-state index in [1.54, 1.807) is 0 Å². The van der Waals surface area contributed by atoms with Crippen LogP contribution < -0.4 is 4.74 Å². The highest BCUT2D eigenvalue weighted by Crippen LogP contribution is 2.18. The molecule has 0 saturated carbocycles. The molecule has 0 aliphatic heterocycles. The molecule has 5 heteroatoms. The van der Waals surface area contributed by atoms with Crippen molar-refractivity contribution in [2.45, 2.75) is 0 Å². The molecule has 1 aromatic rings. The predicted molar refractivity (Wildman–Crippen MR) is 54.1 cm³/mol. The maximum absolute atomic E-state index is 13.2. The van der Waals surface area contributed by atoms with Gasteiger partial charge < -0.3 is 9.84 Å². The number of hydrogen-bond acceptors (Lipinski definition) is 3. The summed E-state index contributed by atoms with van der Waals surface area (Å²) in [5.41, 5.74) is 0.0656. The Morgan fingerprint density at radius 2 is 2.06 bits per heavy atom. The average Bonchev–Trinajstić information content (AvgIpc) is 2.25. The zero-order valence-electron chi connectivity index (χ0n) is 8.44. The number of carboxylic acids is 1. The quantitative estimate of drug-likeness (QED) is 0.624. The minimum Gasteiger partial charge on any atom is -0.494 e. The number of carbonyl (C=O) groups is 2. The molecule has 4 nitrogen and oxygen atoms in total. The van der Waals surface area contributed by atoms with E-state index in [1.165, 1.54) is 19.2 Å². The Hall–Kier alpha value is -2.17. The van der Waals surface area contributed by atoms with Crippen LogP contribution in [-0.2, 0) is 4.79 Å². The molecule has 0 aliphatic rings. The summed E-state index contributed by atoms with van der Waals surface area (Å²) in [5, 5.41) is 8.31. The highest BCUT2D eigenvalue weighted by molar-refractivity contribution is 6.06. The van der Waals surface area contributed by atoms with E-state index in [0.29, 0.717) is 6.08 Å². The average molecular weight is 224 g/mol. The van der Waals surface area contributed by atoms with Gasteiger partial charge in [-0.25, -0.2) is 9.18 Å². The number of aliphatic carboxylic acids is 1. The lowest BCUT2D eigenvalue weighted by Gasteiger charge is -2.02. The van der Waals surface area contributed by atoms with E-state index < -0.39 is 17.6 Å². The van der Waals surface area contributed by atoms with Crippen molar-refractivity contribution in [3.8, 4) is 5.75 Å². The molecule has 0 heterocycles. The zero-order valence-corrected chi connectivity index (χ0v) is 8.44. The molecule has 0 spiro atoms. The first-order valence-corrected chi connectivity index (χ1v) is 4.33. The van der Waals surface area contributed by atoms with E-state index in [2.05, 4.69) is 4.74 Å². The van der Waals surface area contributed by atoms with Gasteiger partial charge in [0.1, 0.15) is 0 Å². The molecule has 0 amide bonds. The summed E-state index contributed by atoms with van der Waals surface area (Å²) in [6, 6.07) is 3.65. The monoisotopic (exact) mass is 224 g/mol. The van der Waals surface area contributed by atoms with Crippen LogP contribution in [0.4, 0.5) is 4.39 Å². The van der Waals surface area contributed by atoms with Crippen molar-refractivity contribution < 1.29 is 23.8 Å². The van der Waals surface area contributed by atoms with Gasteiger partial charge in [0.2, 0.25) is 0 Å². The fourth-order valence-corrected chi connectivity index (χ4v) is 1.06. The van der Waals surface area contributed by atoms with Crippen LogP contribution in [-0.4, -0.2) is 24.0 Å². The minimum absolute atomic E-state index is 0.0266. The molecule has 0 saturated heterocycles. The van der Waals surface area contributed by atoms with Crippen molar-refractivity contribution in [3.05, 3.63) is 41.7 Å². The molecule has 0 radical (unpaired) electrons. The molecule has 0 bridgehead atoms. The molecular formula is C11H9FO4. The van der Waals surface area contributed by atoms with Crippen molar-refractivity contribution in [1.29, 1.82) is 0 Å². The van der Waals surface area contributed by atoms with Crippen molar-refractivity contribution in [1.82, 2.24) is 0 Å². The predicted octanol–water partition coefficient (Wildman–Crippen LogP) is 1.66. The number of ether oxygens (including phenoxy) is 1. The second-order valence-corrected chi connectivity index (χ2v) is 2.89. The van der Waals surface area contributed by atoms with Crippen LogP contribution in [0.1, 0.15) is 10.4 Å². The molecule has 0 aliphatic carbocycles. The fraction of sp³-hybridized carbons (Fsp3) is 0.0909. The first kappa shape index (κ1) is 11.9. The van der Waals surface area contributed by atoms with Crippen molar-refractivity contribution in [3.63, 3.8) is 0 Å². The maximum Gasteiger partial charge on any atom is 0.328 e. The van der Waals surface area contributed by atoms with Crippen LogP contribution in [0.25, 0.3) is 0 Å². The SMILES string of the molecule is COc1ccc(C(=O)C=CC(=O)O)cc1F. The molecule has 0 atom stereocenters. The van der Waals surface area contributed by atoms with E-state index in [1.807, 2.05) is 0 Å². The maximum atomic E-state index is 13.2. The summed E-state index contributed by atoms with van der Waals surface area (Å²) in [7, 11) is 1.31. The summed E-state index contributed by atoms with van der Waals surface area (Å²) in [5.74, 6) is -2.46.